The maximum absolute atomic E-state index is 13.6. The van der Waals surface area contributed by atoms with Crippen molar-refractivity contribution in [2.24, 2.45) is 0 Å². The van der Waals surface area contributed by atoms with Crippen LogP contribution in [-0.4, -0.2) is 31.0 Å². The van der Waals surface area contributed by atoms with Gasteiger partial charge >= 0.3 is 0 Å². The zero-order valence-electron chi connectivity index (χ0n) is 11.3. The molecule has 0 saturated carbocycles. The van der Waals surface area contributed by atoms with Gasteiger partial charge in [0.1, 0.15) is 5.82 Å². The summed E-state index contributed by atoms with van der Waals surface area (Å²) >= 11 is 11.8. The molecule has 1 aromatic carbocycles. The lowest BCUT2D eigenvalue weighted by Crippen LogP contribution is -2.46. The third-order valence-corrected chi connectivity index (χ3v) is 4.27. The molecule has 1 aliphatic rings. The first-order chi connectivity index (χ1) is 9.46. The molecule has 6 heteroatoms. The zero-order chi connectivity index (χ0) is 14.8. The van der Waals surface area contributed by atoms with Crippen molar-refractivity contribution in [3.05, 3.63) is 33.6 Å². The molecule has 0 bridgehead atoms. The average molecular weight is 322 g/mol. The monoisotopic (exact) mass is 321 g/mol. The maximum atomic E-state index is 13.6. The first-order valence-corrected chi connectivity index (χ1v) is 7.34. The average Bonchev–Trinajstić information content (AvgIpc) is 2.93. The largest absolute Gasteiger partial charge is 0.394 e. The number of aliphatic hydroxyl groups is 1. The number of benzene rings is 1. The summed E-state index contributed by atoms with van der Waals surface area (Å²) < 4.78 is 19.2. The Bertz CT molecular complexity index is 480. The van der Waals surface area contributed by atoms with Gasteiger partial charge in [-0.2, -0.15) is 0 Å². The van der Waals surface area contributed by atoms with Gasteiger partial charge in [-0.3, -0.25) is 0 Å². The summed E-state index contributed by atoms with van der Waals surface area (Å²) in [6.45, 7) is 2.91. The van der Waals surface area contributed by atoms with Gasteiger partial charge in [0.05, 0.1) is 23.3 Å². The van der Waals surface area contributed by atoms with Gasteiger partial charge in [-0.25, -0.2) is 4.39 Å². The molecule has 2 N–H and O–H groups in total. The Morgan fingerprint density at radius 3 is 2.80 bits per heavy atom. The van der Waals surface area contributed by atoms with Gasteiger partial charge in [-0.1, -0.05) is 23.2 Å². The summed E-state index contributed by atoms with van der Waals surface area (Å²) in [6, 6.07) is 2.62. The van der Waals surface area contributed by atoms with Crippen LogP contribution in [0.3, 0.4) is 0 Å². The highest BCUT2D eigenvalue weighted by molar-refractivity contribution is 6.35. The lowest BCUT2D eigenvalue weighted by atomic mass is 9.92. The van der Waals surface area contributed by atoms with E-state index in [-0.39, 0.29) is 17.7 Å². The molecule has 0 spiro atoms. The Hall–Kier alpha value is -0.390. The van der Waals surface area contributed by atoms with Crippen LogP contribution in [0.4, 0.5) is 4.39 Å². The molecule has 1 aromatic rings. The minimum absolute atomic E-state index is 0.0295. The van der Waals surface area contributed by atoms with Crippen LogP contribution in [0.2, 0.25) is 10.0 Å². The molecule has 1 saturated heterocycles. The van der Waals surface area contributed by atoms with Crippen LogP contribution in [0.25, 0.3) is 0 Å². The lowest BCUT2D eigenvalue weighted by Gasteiger charge is -2.31. The smallest absolute Gasteiger partial charge is 0.142 e. The number of hydrogen-bond donors (Lipinski definition) is 2. The van der Waals surface area contributed by atoms with Crippen molar-refractivity contribution in [1.29, 1.82) is 0 Å². The summed E-state index contributed by atoms with van der Waals surface area (Å²) in [6.07, 6.45) is 2.15. The zero-order valence-corrected chi connectivity index (χ0v) is 12.8. The van der Waals surface area contributed by atoms with Crippen molar-refractivity contribution < 1.29 is 14.2 Å². The van der Waals surface area contributed by atoms with E-state index in [2.05, 4.69) is 5.32 Å². The molecular weight excluding hydrogens is 304 g/mol. The van der Waals surface area contributed by atoms with Crippen LogP contribution >= 0.6 is 23.2 Å². The van der Waals surface area contributed by atoms with Gasteiger partial charge in [0, 0.05) is 18.2 Å². The summed E-state index contributed by atoms with van der Waals surface area (Å²) in [5.74, 6) is -0.551. The van der Waals surface area contributed by atoms with Gasteiger partial charge in [0.15, 0.2) is 0 Å². The first kappa shape index (κ1) is 16.0. The Morgan fingerprint density at radius 2 is 2.20 bits per heavy atom. The molecular formula is C14H18Cl2FNO2. The molecule has 2 unspecified atom stereocenters. The summed E-state index contributed by atoms with van der Waals surface area (Å²) in [5.41, 5.74) is -0.351. The molecule has 1 heterocycles. The van der Waals surface area contributed by atoms with E-state index in [1.54, 1.807) is 6.92 Å². The van der Waals surface area contributed by atoms with Crippen LogP contribution in [0.5, 0.6) is 0 Å². The second-order valence-corrected chi connectivity index (χ2v) is 6.07. The van der Waals surface area contributed by atoms with Gasteiger partial charge in [-0.05, 0) is 37.5 Å². The standard InChI is InChI=1S/C14H18Cl2FNO2/c1-14(8-19,18-7-9-3-2-4-20-9)10-5-13(17)12(16)6-11(10)15/h5-6,9,18-19H,2-4,7-8H2,1H3. The Kier molecular flexibility index (Phi) is 5.26. The fraction of sp³-hybridized carbons (Fsp3) is 0.571. The molecule has 1 aliphatic heterocycles. The van der Waals surface area contributed by atoms with Gasteiger partial charge in [0.2, 0.25) is 0 Å². The lowest BCUT2D eigenvalue weighted by molar-refractivity contribution is 0.0910. The minimum Gasteiger partial charge on any atom is -0.394 e. The summed E-state index contributed by atoms with van der Waals surface area (Å²) in [4.78, 5) is 0. The Morgan fingerprint density at radius 1 is 1.45 bits per heavy atom. The minimum atomic E-state index is -0.839. The molecule has 20 heavy (non-hydrogen) atoms. The molecule has 2 rings (SSSR count). The van der Waals surface area contributed by atoms with Gasteiger partial charge in [0.25, 0.3) is 0 Å². The molecule has 0 amide bonds. The second-order valence-electron chi connectivity index (χ2n) is 5.25. The van der Waals surface area contributed by atoms with E-state index >= 15 is 0 Å². The van der Waals surface area contributed by atoms with Crippen molar-refractivity contribution in [3.8, 4) is 0 Å². The Labute approximate surface area is 128 Å². The predicted molar refractivity (Wildman–Crippen MR) is 77.8 cm³/mol. The van der Waals surface area contributed by atoms with Crippen LogP contribution in [0.15, 0.2) is 12.1 Å². The predicted octanol–water partition coefficient (Wildman–Crippen LogP) is 3.11. The van der Waals surface area contributed by atoms with Gasteiger partial charge in [-0.15, -0.1) is 0 Å². The molecule has 0 aliphatic carbocycles. The number of hydrogen-bond acceptors (Lipinski definition) is 3. The van der Waals surface area contributed by atoms with Crippen molar-refractivity contribution >= 4 is 23.2 Å². The van der Waals surface area contributed by atoms with E-state index < -0.39 is 11.4 Å². The molecule has 2 atom stereocenters. The number of halogens is 3. The fourth-order valence-electron chi connectivity index (χ4n) is 2.33. The SMILES string of the molecule is CC(CO)(NCC1CCCO1)c1cc(F)c(Cl)cc1Cl. The highest BCUT2D eigenvalue weighted by Gasteiger charge is 2.30. The van der Waals surface area contributed by atoms with Crippen molar-refractivity contribution in [2.75, 3.05) is 19.8 Å². The first-order valence-electron chi connectivity index (χ1n) is 6.59. The number of nitrogens with one attached hydrogen (secondary N) is 1. The van der Waals surface area contributed by atoms with Crippen molar-refractivity contribution in [3.63, 3.8) is 0 Å². The summed E-state index contributed by atoms with van der Waals surface area (Å²) in [7, 11) is 0. The molecule has 0 aromatic heterocycles. The molecule has 0 radical (unpaired) electrons. The molecule has 112 valence electrons. The quantitative estimate of drug-likeness (QED) is 0.819. The van der Waals surface area contributed by atoms with Crippen LogP contribution in [0.1, 0.15) is 25.3 Å². The fourth-order valence-corrected chi connectivity index (χ4v) is 2.92. The van der Waals surface area contributed by atoms with Crippen molar-refractivity contribution in [2.45, 2.75) is 31.4 Å². The second kappa shape index (κ2) is 6.58. The van der Waals surface area contributed by atoms with Crippen LogP contribution in [-0.2, 0) is 10.3 Å². The molecule has 1 fully saturated rings. The normalized spacial score (nSPS) is 21.9. The summed E-state index contributed by atoms with van der Waals surface area (Å²) in [5, 5.41) is 13.2. The van der Waals surface area contributed by atoms with E-state index in [9.17, 15) is 9.50 Å². The van der Waals surface area contributed by atoms with E-state index in [1.165, 1.54) is 12.1 Å². The third-order valence-electron chi connectivity index (χ3n) is 3.66. The number of rotatable bonds is 5. The highest BCUT2D eigenvalue weighted by Crippen LogP contribution is 2.32. The van der Waals surface area contributed by atoms with E-state index in [1.807, 2.05) is 0 Å². The Balaban J connectivity index is 2.18. The third kappa shape index (κ3) is 3.43. The highest BCUT2D eigenvalue weighted by atomic mass is 35.5. The number of ether oxygens (including phenoxy) is 1. The van der Waals surface area contributed by atoms with Crippen molar-refractivity contribution in [1.82, 2.24) is 5.32 Å². The maximum Gasteiger partial charge on any atom is 0.142 e. The topological polar surface area (TPSA) is 41.5 Å². The van der Waals surface area contributed by atoms with E-state index in [4.69, 9.17) is 27.9 Å². The van der Waals surface area contributed by atoms with Crippen LogP contribution in [0, 0.1) is 5.82 Å². The van der Waals surface area contributed by atoms with E-state index in [0.717, 1.165) is 19.4 Å². The van der Waals surface area contributed by atoms with Crippen LogP contribution < -0.4 is 5.32 Å². The molecule has 3 nitrogen and oxygen atoms in total. The number of aliphatic hydroxyl groups excluding tert-OH is 1. The van der Waals surface area contributed by atoms with Gasteiger partial charge < -0.3 is 15.2 Å². The van der Waals surface area contributed by atoms with E-state index in [0.29, 0.717) is 17.1 Å².